The molecule has 0 bridgehead atoms. The number of nitrogens with zero attached hydrogens (tertiary/aromatic N) is 2. The predicted molar refractivity (Wildman–Crippen MR) is 122 cm³/mol. The van der Waals surface area contributed by atoms with Crippen LogP contribution in [0.25, 0.3) is 5.76 Å². The van der Waals surface area contributed by atoms with Crippen LogP contribution in [0.5, 0.6) is 5.75 Å². The summed E-state index contributed by atoms with van der Waals surface area (Å²) < 4.78 is 24.8. The lowest BCUT2D eigenvalue weighted by molar-refractivity contribution is -0.132. The number of methoxy groups -OCH3 is 2. The maximum atomic E-state index is 14.9. The third-order valence-corrected chi connectivity index (χ3v) is 6.51. The van der Waals surface area contributed by atoms with Crippen molar-refractivity contribution < 1.29 is 33.4 Å². The molecule has 2 heterocycles. The molecule has 0 saturated carbocycles. The van der Waals surface area contributed by atoms with E-state index >= 15 is 0 Å². The van der Waals surface area contributed by atoms with Gasteiger partial charge in [-0.1, -0.05) is 29.5 Å². The lowest BCUT2D eigenvalue weighted by Gasteiger charge is -2.23. The molecule has 0 spiro atoms. The molecule has 1 saturated heterocycles. The van der Waals surface area contributed by atoms with Crippen LogP contribution >= 0.6 is 11.3 Å². The van der Waals surface area contributed by atoms with E-state index in [-0.39, 0.29) is 32.4 Å². The maximum Gasteiger partial charge on any atom is 0.350 e. The zero-order valence-corrected chi connectivity index (χ0v) is 19.2. The third-order valence-electron chi connectivity index (χ3n) is 5.37. The van der Waals surface area contributed by atoms with E-state index < -0.39 is 35.3 Å². The van der Waals surface area contributed by atoms with Crippen molar-refractivity contribution in [2.45, 2.75) is 13.0 Å². The quantitative estimate of drug-likeness (QED) is 0.253. The number of Topliss-reactive ketones (excluding diaryl/α,β-unsaturated/α-hetero) is 1. The molecule has 1 N–H and O–H groups in total. The first kappa shape index (κ1) is 23.1. The average Bonchev–Trinajstić information content (AvgIpc) is 3.35. The number of anilines is 1. The van der Waals surface area contributed by atoms with Crippen molar-refractivity contribution in [2.24, 2.45) is 0 Å². The Balaban J connectivity index is 1.94. The molecule has 0 radical (unpaired) electrons. The fraction of sp³-hybridized carbons (Fsp3) is 0.167. The molecule has 1 aliphatic heterocycles. The molecule has 174 valence electrons. The second-order valence-electron chi connectivity index (χ2n) is 7.32. The van der Waals surface area contributed by atoms with Crippen LogP contribution in [0.1, 0.15) is 32.5 Å². The summed E-state index contributed by atoms with van der Waals surface area (Å²) in [5.74, 6) is -3.29. The van der Waals surface area contributed by atoms with Gasteiger partial charge in [-0.2, -0.15) is 0 Å². The van der Waals surface area contributed by atoms with Crippen LogP contribution in [-0.4, -0.2) is 42.0 Å². The minimum atomic E-state index is -1.31. The van der Waals surface area contributed by atoms with Crippen LogP contribution in [0, 0.1) is 12.7 Å². The fourth-order valence-corrected chi connectivity index (χ4v) is 4.70. The number of aryl methyl sites for hydroxylation is 1. The summed E-state index contributed by atoms with van der Waals surface area (Å²) >= 11 is 0.838. The number of ketones is 1. The third kappa shape index (κ3) is 3.81. The van der Waals surface area contributed by atoms with E-state index in [9.17, 15) is 23.9 Å². The van der Waals surface area contributed by atoms with Crippen LogP contribution in [0.2, 0.25) is 0 Å². The van der Waals surface area contributed by atoms with Crippen molar-refractivity contribution in [3.63, 3.8) is 0 Å². The average molecular weight is 482 g/mol. The first-order valence-corrected chi connectivity index (χ1v) is 10.9. The molecule has 1 atom stereocenters. The highest BCUT2D eigenvalue weighted by Crippen LogP contribution is 2.44. The zero-order chi connectivity index (χ0) is 24.6. The summed E-state index contributed by atoms with van der Waals surface area (Å²) in [6.45, 7) is 1.55. The van der Waals surface area contributed by atoms with Crippen LogP contribution in [-0.2, 0) is 14.3 Å². The number of ether oxygens (including phenoxy) is 2. The van der Waals surface area contributed by atoms with Gasteiger partial charge in [-0.15, -0.1) is 0 Å². The number of carbonyl (C=O) groups is 3. The molecular formula is C24H19FN2O6S. The van der Waals surface area contributed by atoms with Gasteiger partial charge in [0.15, 0.2) is 5.13 Å². The standard InChI is InChI=1S/C24H19FN2O6S/c1-12-21(23(31)33-3)34-24(26-12)27-18(15-6-4-5-7-16(15)25)17(20(29)22(27)30)19(28)13-8-10-14(32-2)11-9-13/h4-11,18,28H,1-3H3. The van der Waals surface area contributed by atoms with Gasteiger partial charge in [0.2, 0.25) is 0 Å². The summed E-state index contributed by atoms with van der Waals surface area (Å²) in [5.41, 5.74) is 0.221. The maximum absolute atomic E-state index is 14.9. The SMILES string of the molecule is COC(=O)c1sc(N2C(=O)C(=O)C(=C(O)c3ccc(OC)cc3)C2c2ccccc2F)nc1C. The first-order valence-electron chi connectivity index (χ1n) is 10.0. The van der Waals surface area contributed by atoms with Gasteiger partial charge in [-0.25, -0.2) is 14.2 Å². The highest BCUT2D eigenvalue weighted by Gasteiger charge is 2.49. The molecule has 1 unspecified atom stereocenters. The number of aliphatic hydroxyl groups is 1. The van der Waals surface area contributed by atoms with Crippen molar-refractivity contribution in [2.75, 3.05) is 19.1 Å². The summed E-state index contributed by atoms with van der Waals surface area (Å²) in [6, 6.07) is 10.5. The van der Waals surface area contributed by atoms with E-state index in [4.69, 9.17) is 9.47 Å². The van der Waals surface area contributed by atoms with Gasteiger partial charge in [0, 0.05) is 11.1 Å². The van der Waals surface area contributed by atoms with E-state index in [1.807, 2.05) is 0 Å². The van der Waals surface area contributed by atoms with Crippen molar-refractivity contribution >= 4 is 39.9 Å². The van der Waals surface area contributed by atoms with E-state index in [0.717, 1.165) is 16.2 Å². The monoisotopic (exact) mass is 482 g/mol. The van der Waals surface area contributed by atoms with Gasteiger partial charge in [0.1, 0.15) is 28.2 Å². The zero-order valence-electron chi connectivity index (χ0n) is 18.4. The molecule has 34 heavy (non-hydrogen) atoms. The number of aromatic nitrogens is 1. The largest absolute Gasteiger partial charge is 0.507 e. The number of esters is 1. The Labute approximate surface area is 197 Å². The summed E-state index contributed by atoms with van der Waals surface area (Å²) in [5, 5.41) is 11.1. The van der Waals surface area contributed by atoms with Crippen LogP contribution in [0.3, 0.4) is 0 Å². The fourth-order valence-electron chi connectivity index (χ4n) is 3.69. The highest BCUT2D eigenvalue weighted by atomic mass is 32.1. The van der Waals surface area contributed by atoms with E-state index in [2.05, 4.69) is 4.98 Å². The molecule has 1 aliphatic rings. The van der Waals surface area contributed by atoms with Crippen molar-refractivity contribution in [1.82, 2.24) is 4.98 Å². The molecule has 8 nitrogen and oxygen atoms in total. The molecule has 1 amide bonds. The second-order valence-corrected chi connectivity index (χ2v) is 8.30. The Morgan fingerprint density at radius 2 is 1.79 bits per heavy atom. The van der Waals surface area contributed by atoms with Crippen molar-refractivity contribution in [1.29, 1.82) is 0 Å². The molecule has 4 rings (SSSR count). The van der Waals surface area contributed by atoms with Gasteiger partial charge < -0.3 is 14.6 Å². The number of thiazole rings is 1. The highest BCUT2D eigenvalue weighted by molar-refractivity contribution is 7.17. The number of benzene rings is 2. The van der Waals surface area contributed by atoms with Gasteiger partial charge >= 0.3 is 11.9 Å². The molecular weight excluding hydrogens is 463 g/mol. The molecule has 0 aliphatic carbocycles. The van der Waals surface area contributed by atoms with Gasteiger partial charge in [0.25, 0.3) is 5.78 Å². The Hall–Kier alpha value is -4.05. The number of amides is 1. The number of rotatable bonds is 5. The van der Waals surface area contributed by atoms with Crippen LogP contribution < -0.4 is 9.64 Å². The van der Waals surface area contributed by atoms with Gasteiger partial charge in [-0.05, 0) is 37.3 Å². The summed E-state index contributed by atoms with van der Waals surface area (Å²) in [6.07, 6.45) is 0. The summed E-state index contributed by atoms with van der Waals surface area (Å²) in [7, 11) is 2.69. The second kappa shape index (κ2) is 9.06. The Kier molecular flexibility index (Phi) is 6.16. The number of hydrogen-bond acceptors (Lipinski definition) is 8. The summed E-state index contributed by atoms with van der Waals surface area (Å²) in [4.78, 5) is 43.8. The van der Waals surface area contributed by atoms with Crippen molar-refractivity contribution in [3.8, 4) is 5.75 Å². The van der Waals surface area contributed by atoms with E-state index in [1.54, 1.807) is 25.1 Å². The first-order chi connectivity index (χ1) is 16.3. The van der Waals surface area contributed by atoms with Crippen LogP contribution in [0.15, 0.2) is 54.1 Å². The topological polar surface area (TPSA) is 106 Å². The molecule has 3 aromatic rings. The van der Waals surface area contributed by atoms with Gasteiger partial charge in [-0.3, -0.25) is 14.5 Å². The van der Waals surface area contributed by atoms with E-state index in [1.165, 1.54) is 44.6 Å². The number of aliphatic hydroxyl groups excluding tert-OH is 1. The van der Waals surface area contributed by atoms with E-state index in [0.29, 0.717) is 5.75 Å². The van der Waals surface area contributed by atoms with Crippen molar-refractivity contribution in [3.05, 3.63) is 81.6 Å². The normalized spacial score (nSPS) is 17.2. The molecule has 1 aromatic heterocycles. The van der Waals surface area contributed by atoms with Crippen LogP contribution in [0.4, 0.5) is 9.52 Å². The Morgan fingerprint density at radius 3 is 2.41 bits per heavy atom. The lowest BCUT2D eigenvalue weighted by Crippen LogP contribution is -2.29. The molecule has 10 heteroatoms. The van der Waals surface area contributed by atoms with Gasteiger partial charge in [0.05, 0.1) is 25.5 Å². The molecule has 2 aromatic carbocycles. The lowest BCUT2D eigenvalue weighted by atomic mass is 9.95. The Bertz CT molecular complexity index is 1330. The number of carbonyl (C=O) groups excluding carboxylic acids is 3. The smallest absolute Gasteiger partial charge is 0.350 e. The minimum absolute atomic E-state index is 0.00188. The number of halogens is 1. The number of hydrogen-bond donors (Lipinski definition) is 1. The predicted octanol–water partition coefficient (Wildman–Crippen LogP) is 4.01. The molecule has 1 fully saturated rings. The Morgan fingerprint density at radius 1 is 1.12 bits per heavy atom. The minimum Gasteiger partial charge on any atom is -0.507 e.